The lowest BCUT2D eigenvalue weighted by Crippen LogP contribution is -2.34. The molecule has 0 bridgehead atoms. The van der Waals surface area contributed by atoms with Gasteiger partial charge in [-0.15, -0.1) is 0 Å². The van der Waals surface area contributed by atoms with Crippen molar-refractivity contribution in [2.24, 2.45) is 5.73 Å². The average molecular weight is 279 g/mol. The molecule has 0 saturated carbocycles. The summed E-state index contributed by atoms with van der Waals surface area (Å²) >= 11 is 9.12. The van der Waals surface area contributed by atoms with Gasteiger partial charge < -0.3 is 10.8 Å². The van der Waals surface area contributed by atoms with E-state index in [-0.39, 0.29) is 11.3 Å². The van der Waals surface area contributed by atoms with Gasteiger partial charge in [-0.05, 0) is 32.4 Å². The zero-order chi connectivity index (χ0) is 10.9. The molecule has 14 heavy (non-hydrogen) atoms. The Hall–Kier alpha value is -0.250. The second-order valence-electron chi connectivity index (χ2n) is 4.05. The van der Waals surface area contributed by atoms with Gasteiger partial charge in [0.05, 0.1) is 0 Å². The lowest BCUT2D eigenvalue weighted by atomic mass is 9.96. The molecule has 0 aliphatic heterocycles. The fourth-order valence-corrected chi connectivity index (χ4v) is 2.15. The summed E-state index contributed by atoms with van der Waals surface area (Å²) in [5.41, 5.74) is 6.32. The Morgan fingerprint density at radius 2 is 2.07 bits per heavy atom. The van der Waals surface area contributed by atoms with Gasteiger partial charge in [0.2, 0.25) is 0 Å². The van der Waals surface area contributed by atoms with E-state index < -0.39 is 0 Å². The Balaban J connectivity index is 3.09. The maximum Gasteiger partial charge on any atom is 0.121 e. The van der Waals surface area contributed by atoms with Gasteiger partial charge >= 0.3 is 0 Å². The van der Waals surface area contributed by atoms with Crippen molar-refractivity contribution in [2.45, 2.75) is 25.8 Å². The van der Waals surface area contributed by atoms with Crippen LogP contribution in [-0.2, 0) is 6.42 Å². The highest BCUT2D eigenvalue weighted by Gasteiger charge is 2.17. The smallest absolute Gasteiger partial charge is 0.121 e. The second-order valence-corrected chi connectivity index (χ2v) is 5.34. The van der Waals surface area contributed by atoms with Crippen LogP contribution in [0.3, 0.4) is 0 Å². The first-order valence-electron chi connectivity index (χ1n) is 4.25. The number of aromatic hydroxyl groups is 1. The number of hydrogen-bond donors (Lipinski definition) is 2. The maximum absolute atomic E-state index is 9.67. The molecule has 3 N–H and O–H groups in total. The zero-order valence-electron chi connectivity index (χ0n) is 8.14. The topological polar surface area (TPSA) is 46.2 Å². The van der Waals surface area contributed by atoms with Crippen molar-refractivity contribution < 1.29 is 5.11 Å². The van der Waals surface area contributed by atoms with Gasteiger partial charge in [-0.1, -0.05) is 27.5 Å². The fourth-order valence-electron chi connectivity index (χ4n) is 1.22. The molecular weight excluding hydrogens is 265 g/mol. The third kappa shape index (κ3) is 3.15. The summed E-state index contributed by atoms with van der Waals surface area (Å²) < 4.78 is 0.793. The molecule has 0 unspecified atom stereocenters. The van der Waals surface area contributed by atoms with Crippen LogP contribution >= 0.6 is 27.5 Å². The summed E-state index contributed by atoms with van der Waals surface area (Å²) in [6.45, 7) is 3.82. The van der Waals surface area contributed by atoms with E-state index in [4.69, 9.17) is 17.3 Å². The summed E-state index contributed by atoms with van der Waals surface area (Å²) in [5.74, 6) is 0.183. The van der Waals surface area contributed by atoms with Gasteiger partial charge in [0.1, 0.15) is 5.75 Å². The molecule has 0 saturated heterocycles. The number of nitrogens with two attached hydrogens (primary N) is 1. The third-order valence-corrected chi connectivity index (χ3v) is 2.69. The summed E-state index contributed by atoms with van der Waals surface area (Å²) in [4.78, 5) is 0. The zero-order valence-corrected chi connectivity index (χ0v) is 10.5. The first-order chi connectivity index (χ1) is 6.29. The number of halogens is 2. The van der Waals surface area contributed by atoms with Gasteiger partial charge in [0, 0.05) is 20.6 Å². The molecule has 0 spiro atoms. The summed E-state index contributed by atoms with van der Waals surface area (Å²) in [5, 5.41) is 10.2. The minimum Gasteiger partial charge on any atom is -0.508 e. The largest absolute Gasteiger partial charge is 0.508 e. The number of hydrogen-bond acceptors (Lipinski definition) is 2. The molecule has 0 amide bonds. The summed E-state index contributed by atoms with van der Waals surface area (Å²) in [6.07, 6.45) is 0.594. The van der Waals surface area contributed by atoms with Crippen LogP contribution < -0.4 is 5.73 Å². The molecule has 1 rings (SSSR count). The molecule has 2 nitrogen and oxygen atoms in total. The number of phenols is 1. The van der Waals surface area contributed by atoms with E-state index in [2.05, 4.69) is 15.9 Å². The lowest BCUT2D eigenvalue weighted by molar-refractivity contribution is 0.449. The molecule has 0 aliphatic carbocycles. The van der Waals surface area contributed by atoms with Crippen LogP contribution in [0.15, 0.2) is 16.6 Å². The first kappa shape index (κ1) is 11.8. The Bertz CT molecular complexity index is 323. The van der Waals surface area contributed by atoms with Crippen LogP contribution in [0.2, 0.25) is 5.02 Å². The Morgan fingerprint density at radius 3 is 2.50 bits per heavy atom. The van der Waals surface area contributed by atoms with Gasteiger partial charge in [0.25, 0.3) is 0 Å². The number of benzene rings is 1. The van der Waals surface area contributed by atoms with E-state index in [9.17, 15) is 5.11 Å². The predicted octanol–water partition coefficient (Wildman–Crippen LogP) is 3.09. The minimum absolute atomic E-state index is 0.183. The van der Waals surface area contributed by atoms with Crippen molar-refractivity contribution >= 4 is 27.5 Å². The molecule has 1 aromatic rings. The van der Waals surface area contributed by atoms with E-state index in [0.717, 1.165) is 10.0 Å². The summed E-state index contributed by atoms with van der Waals surface area (Å²) in [6, 6.07) is 3.27. The molecule has 78 valence electrons. The molecule has 0 heterocycles. The fraction of sp³-hybridized carbons (Fsp3) is 0.400. The van der Waals surface area contributed by atoms with Crippen molar-refractivity contribution in [3.63, 3.8) is 0 Å². The van der Waals surface area contributed by atoms with Crippen molar-refractivity contribution in [3.8, 4) is 5.75 Å². The average Bonchev–Trinajstić information content (AvgIpc) is 1.95. The SMILES string of the molecule is CC(C)(N)Cc1c(O)cc(Cl)cc1Br. The number of rotatable bonds is 2. The molecule has 1 aromatic carbocycles. The molecule has 4 heteroatoms. The van der Waals surface area contributed by atoms with E-state index in [1.807, 2.05) is 13.8 Å². The Morgan fingerprint density at radius 1 is 1.50 bits per heavy atom. The standard InChI is InChI=1S/C10H13BrClNO/c1-10(2,13)5-7-8(11)3-6(12)4-9(7)14/h3-4,14H,5,13H2,1-2H3. The highest BCUT2D eigenvalue weighted by Crippen LogP contribution is 2.32. The van der Waals surface area contributed by atoms with Crippen LogP contribution in [0.5, 0.6) is 5.75 Å². The minimum atomic E-state index is -0.353. The van der Waals surface area contributed by atoms with Crippen LogP contribution in [0.1, 0.15) is 19.4 Å². The summed E-state index contributed by atoms with van der Waals surface area (Å²) in [7, 11) is 0. The van der Waals surface area contributed by atoms with Crippen LogP contribution in [0.25, 0.3) is 0 Å². The van der Waals surface area contributed by atoms with Crippen LogP contribution in [0.4, 0.5) is 0 Å². The monoisotopic (exact) mass is 277 g/mol. The lowest BCUT2D eigenvalue weighted by Gasteiger charge is -2.20. The molecular formula is C10H13BrClNO. The predicted molar refractivity (Wildman–Crippen MR) is 62.8 cm³/mol. The third-order valence-electron chi connectivity index (χ3n) is 1.77. The Kier molecular flexibility index (Phi) is 3.45. The number of phenolic OH excluding ortho intramolecular Hbond substituents is 1. The van der Waals surface area contributed by atoms with E-state index in [1.54, 1.807) is 6.07 Å². The first-order valence-corrected chi connectivity index (χ1v) is 5.42. The van der Waals surface area contributed by atoms with Crippen molar-refractivity contribution in [1.82, 2.24) is 0 Å². The van der Waals surface area contributed by atoms with Crippen LogP contribution in [0, 0.1) is 0 Å². The van der Waals surface area contributed by atoms with Crippen molar-refractivity contribution in [2.75, 3.05) is 0 Å². The van der Waals surface area contributed by atoms with E-state index in [0.29, 0.717) is 11.4 Å². The molecule has 0 aliphatic rings. The van der Waals surface area contributed by atoms with Gasteiger partial charge in [-0.25, -0.2) is 0 Å². The highest BCUT2D eigenvalue weighted by atomic mass is 79.9. The van der Waals surface area contributed by atoms with Crippen molar-refractivity contribution in [1.29, 1.82) is 0 Å². The highest BCUT2D eigenvalue weighted by molar-refractivity contribution is 9.10. The Labute approximate surface area is 97.2 Å². The molecule has 0 fully saturated rings. The van der Waals surface area contributed by atoms with Gasteiger partial charge in [0.15, 0.2) is 0 Å². The van der Waals surface area contributed by atoms with Crippen LogP contribution in [-0.4, -0.2) is 10.6 Å². The maximum atomic E-state index is 9.67. The quantitative estimate of drug-likeness (QED) is 0.873. The normalized spacial score (nSPS) is 11.8. The van der Waals surface area contributed by atoms with Gasteiger partial charge in [-0.3, -0.25) is 0 Å². The van der Waals surface area contributed by atoms with E-state index in [1.165, 1.54) is 6.07 Å². The van der Waals surface area contributed by atoms with Crippen molar-refractivity contribution in [3.05, 3.63) is 27.2 Å². The molecule has 0 atom stereocenters. The van der Waals surface area contributed by atoms with E-state index >= 15 is 0 Å². The molecule has 0 aromatic heterocycles. The van der Waals surface area contributed by atoms with Gasteiger partial charge in [-0.2, -0.15) is 0 Å². The second kappa shape index (κ2) is 4.09. The molecule has 0 radical (unpaired) electrons.